The van der Waals surface area contributed by atoms with Crippen LogP contribution in [0.4, 0.5) is 5.82 Å². The van der Waals surface area contributed by atoms with Crippen LogP contribution in [0, 0.1) is 6.92 Å². The van der Waals surface area contributed by atoms with Crippen molar-refractivity contribution >= 4 is 23.0 Å². The summed E-state index contributed by atoms with van der Waals surface area (Å²) in [7, 11) is 1.93. The molecule has 1 aliphatic heterocycles. The van der Waals surface area contributed by atoms with E-state index in [1.165, 1.54) is 0 Å². The normalized spacial score (nSPS) is 20.8. The van der Waals surface area contributed by atoms with Gasteiger partial charge < -0.3 is 15.4 Å². The number of nitrogens with two attached hydrogens (primary N) is 1. The quantitative estimate of drug-likeness (QED) is 0.810. The zero-order valence-corrected chi connectivity index (χ0v) is 12.0. The maximum atomic E-state index is 5.83. The number of thiocarbonyl (C=S) groups is 1. The molecule has 18 heavy (non-hydrogen) atoms. The van der Waals surface area contributed by atoms with E-state index >= 15 is 0 Å². The predicted molar refractivity (Wildman–Crippen MR) is 76.1 cm³/mol. The molecule has 0 spiro atoms. The number of hydrogen-bond acceptors (Lipinski definition) is 4. The van der Waals surface area contributed by atoms with E-state index in [2.05, 4.69) is 16.9 Å². The van der Waals surface area contributed by atoms with E-state index < -0.39 is 0 Å². The summed E-state index contributed by atoms with van der Waals surface area (Å²) in [5.74, 6) is 1.01. The second-order valence-electron chi connectivity index (χ2n) is 4.75. The third kappa shape index (κ3) is 2.49. The van der Waals surface area contributed by atoms with Gasteiger partial charge in [-0.25, -0.2) is 0 Å². The first-order valence-corrected chi connectivity index (χ1v) is 6.61. The molecule has 2 heterocycles. The van der Waals surface area contributed by atoms with Crippen LogP contribution >= 0.6 is 12.2 Å². The summed E-state index contributed by atoms with van der Waals surface area (Å²) < 4.78 is 7.53. The minimum atomic E-state index is 0.210. The van der Waals surface area contributed by atoms with Gasteiger partial charge >= 0.3 is 0 Å². The predicted octanol–water partition coefficient (Wildman–Crippen LogP) is 0.978. The average molecular weight is 268 g/mol. The summed E-state index contributed by atoms with van der Waals surface area (Å²) in [5.41, 5.74) is 7.61. The Kier molecular flexibility index (Phi) is 3.87. The molecular formula is C12H20N4OS. The number of hydrogen-bond donors (Lipinski definition) is 1. The Morgan fingerprint density at radius 1 is 1.56 bits per heavy atom. The number of aromatic nitrogens is 2. The Bertz CT molecular complexity index is 457. The first-order chi connectivity index (χ1) is 8.50. The molecule has 5 nitrogen and oxygen atoms in total. The second-order valence-corrected chi connectivity index (χ2v) is 5.19. The van der Waals surface area contributed by atoms with Gasteiger partial charge in [-0.1, -0.05) is 12.2 Å². The molecule has 1 aromatic rings. The summed E-state index contributed by atoms with van der Waals surface area (Å²) in [6.07, 6.45) is 1.22. The van der Waals surface area contributed by atoms with Gasteiger partial charge in [0.1, 0.15) is 10.8 Å². The van der Waals surface area contributed by atoms with Crippen LogP contribution in [0.3, 0.4) is 0 Å². The van der Waals surface area contributed by atoms with Crippen molar-refractivity contribution in [2.24, 2.45) is 12.8 Å². The Labute approximate surface area is 113 Å². The summed E-state index contributed by atoms with van der Waals surface area (Å²) in [6, 6.07) is 0. The van der Waals surface area contributed by atoms with Crippen LogP contribution in [0.2, 0.25) is 0 Å². The second kappa shape index (κ2) is 5.24. The lowest BCUT2D eigenvalue weighted by Gasteiger charge is -2.25. The molecule has 1 unspecified atom stereocenters. The molecular weight excluding hydrogens is 248 g/mol. The molecule has 100 valence electrons. The zero-order valence-electron chi connectivity index (χ0n) is 11.1. The van der Waals surface area contributed by atoms with Crippen molar-refractivity contribution in [2.45, 2.75) is 26.4 Å². The maximum Gasteiger partial charge on any atom is 0.137 e. The lowest BCUT2D eigenvalue weighted by molar-refractivity contribution is 0.0820. The van der Waals surface area contributed by atoms with Gasteiger partial charge in [0.2, 0.25) is 0 Å². The monoisotopic (exact) mass is 268 g/mol. The zero-order chi connectivity index (χ0) is 13.3. The number of rotatable bonds is 2. The summed E-state index contributed by atoms with van der Waals surface area (Å²) in [6.45, 7) is 6.61. The molecule has 6 heteroatoms. The smallest absolute Gasteiger partial charge is 0.137 e. The topological polar surface area (TPSA) is 56.3 Å². The highest BCUT2D eigenvalue weighted by molar-refractivity contribution is 7.80. The molecule has 1 saturated heterocycles. The van der Waals surface area contributed by atoms with Crippen LogP contribution in [-0.2, 0) is 11.8 Å². The molecule has 1 fully saturated rings. The fourth-order valence-corrected chi connectivity index (χ4v) is 2.72. The Morgan fingerprint density at radius 2 is 2.28 bits per heavy atom. The molecule has 2 N–H and O–H groups in total. The number of nitrogens with zero attached hydrogens (tertiary/aromatic N) is 3. The molecule has 1 aliphatic rings. The van der Waals surface area contributed by atoms with Crippen LogP contribution in [0.25, 0.3) is 0 Å². The highest BCUT2D eigenvalue weighted by Crippen LogP contribution is 2.25. The van der Waals surface area contributed by atoms with E-state index in [0.717, 1.165) is 43.2 Å². The Morgan fingerprint density at radius 3 is 2.94 bits per heavy atom. The summed E-state index contributed by atoms with van der Waals surface area (Å²) >= 11 is 5.15. The van der Waals surface area contributed by atoms with Crippen molar-refractivity contribution in [2.75, 3.05) is 24.6 Å². The van der Waals surface area contributed by atoms with E-state index in [1.54, 1.807) is 0 Å². The van der Waals surface area contributed by atoms with Crippen molar-refractivity contribution in [1.82, 2.24) is 9.78 Å². The van der Waals surface area contributed by atoms with E-state index in [0.29, 0.717) is 4.99 Å². The van der Waals surface area contributed by atoms with Gasteiger partial charge in [0.25, 0.3) is 0 Å². The van der Waals surface area contributed by atoms with Crippen LogP contribution in [-0.4, -0.2) is 40.6 Å². The highest BCUT2D eigenvalue weighted by Gasteiger charge is 2.24. The van der Waals surface area contributed by atoms with Crippen LogP contribution < -0.4 is 10.6 Å². The summed E-state index contributed by atoms with van der Waals surface area (Å²) in [4.78, 5) is 2.68. The van der Waals surface area contributed by atoms with Gasteiger partial charge in [0, 0.05) is 26.7 Å². The molecule has 0 saturated carbocycles. The standard InChI is InChI=1S/C12H20N4OS/c1-8-7-16(5-4-6-17-8)12-10(11(13)18)9(2)14-15(12)3/h8H,4-7H2,1-3H3,(H2,13,18). The van der Waals surface area contributed by atoms with Gasteiger partial charge in [0.15, 0.2) is 0 Å². The third-order valence-electron chi connectivity index (χ3n) is 3.19. The average Bonchev–Trinajstić information content (AvgIpc) is 2.46. The highest BCUT2D eigenvalue weighted by atomic mass is 32.1. The van der Waals surface area contributed by atoms with Crippen molar-refractivity contribution < 1.29 is 4.74 Å². The Hall–Kier alpha value is -1.14. The van der Waals surface area contributed by atoms with Crippen molar-refractivity contribution in [3.05, 3.63) is 11.3 Å². The van der Waals surface area contributed by atoms with Crippen LogP contribution in [0.5, 0.6) is 0 Å². The van der Waals surface area contributed by atoms with Gasteiger partial charge in [-0.3, -0.25) is 4.68 Å². The molecule has 0 aromatic carbocycles. The van der Waals surface area contributed by atoms with Gasteiger partial charge in [0.05, 0.1) is 17.4 Å². The lowest BCUT2D eigenvalue weighted by Crippen LogP contribution is -2.33. The van der Waals surface area contributed by atoms with Crippen LogP contribution in [0.1, 0.15) is 24.6 Å². The molecule has 1 atom stereocenters. The van der Waals surface area contributed by atoms with E-state index in [9.17, 15) is 0 Å². The minimum absolute atomic E-state index is 0.210. The van der Waals surface area contributed by atoms with E-state index in [-0.39, 0.29) is 6.10 Å². The number of ether oxygens (including phenoxy) is 1. The third-order valence-corrected chi connectivity index (χ3v) is 3.39. The molecule has 0 radical (unpaired) electrons. The van der Waals surface area contributed by atoms with Crippen molar-refractivity contribution in [3.63, 3.8) is 0 Å². The van der Waals surface area contributed by atoms with E-state index in [1.807, 2.05) is 18.7 Å². The van der Waals surface area contributed by atoms with Gasteiger partial charge in [-0.2, -0.15) is 5.10 Å². The van der Waals surface area contributed by atoms with Crippen LogP contribution in [0.15, 0.2) is 0 Å². The molecule has 0 aliphatic carbocycles. The fraction of sp³-hybridized carbons (Fsp3) is 0.667. The molecule has 2 rings (SSSR count). The molecule has 0 amide bonds. The lowest BCUT2D eigenvalue weighted by atomic mass is 10.2. The maximum absolute atomic E-state index is 5.83. The van der Waals surface area contributed by atoms with E-state index in [4.69, 9.17) is 22.7 Å². The summed E-state index contributed by atoms with van der Waals surface area (Å²) in [5, 5.41) is 4.43. The first-order valence-electron chi connectivity index (χ1n) is 6.20. The SMILES string of the molecule is Cc1nn(C)c(N2CCCOC(C)C2)c1C(N)=S. The first kappa shape index (κ1) is 13.3. The minimum Gasteiger partial charge on any atom is -0.389 e. The van der Waals surface area contributed by atoms with Gasteiger partial charge in [-0.05, 0) is 20.3 Å². The molecule has 1 aromatic heterocycles. The fourth-order valence-electron chi connectivity index (χ4n) is 2.48. The van der Waals surface area contributed by atoms with Crippen molar-refractivity contribution in [3.8, 4) is 0 Å². The van der Waals surface area contributed by atoms with Gasteiger partial charge in [-0.15, -0.1) is 0 Å². The Balaban J connectivity index is 2.39. The number of anilines is 1. The number of aryl methyl sites for hydroxylation is 2. The van der Waals surface area contributed by atoms with Crippen molar-refractivity contribution in [1.29, 1.82) is 0 Å². The molecule has 0 bridgehead atoms. The largest absolute Gasteiger partial charge is 0.389 e.